The first-order valence-electron chi connectivity index (χ1n) is 6.72. The van der Waals surface area contributed by atoms with Crippen LogP contribution in [-0.2, 0) is 16.0 Å². The number of Topliss-reactive ketones (excluding diaryl/α,β-unsaturated/α-hetero) is 1. The van der Waals surface area contributed by atoms with Crippen LogP contribution in [-0.4, -0.2) is 24.8 Å². The van der Waals surface area contributed by atoms with E-state index in [1.54, 1.807) is 0 Å². The second-order valence-electron chi connectivity index (χ2n) is 5.04. The molecule has 0 saturated carbocycles. The minimum absolute atomic E-state index is 0.0318. The van der Waals surface area contributed by atoms with E-state index in [1.807, 2.05) is 6.92 Å². The number of fused-ring (bicyclic) bond motifs is 1. The predicted molar refractivity (Wildman–Crippen MR) is 68.7 cm³/mol. The summed E-state index contributed by atoms with van der Waals surface area (Å²) in [5.41, 5.74) is -2.92. The summed E-state index contributed by atoms with van der Waals surface area (Å²) in [7, 11) is 0. The molecule has 0 aliphatic heterocycles. The SMILES string of the molecule is CCCCOC(=O)C1(C(F)F)Cc2cccc(F)c2C1=O. The van der Waals surface area contributed by atoms with E-state index in [1.165, 1.54) is 12.1 Å². The molecule has 1 aliphatic rings. The first kappa shape index (κ1) is 15.5. The molecule has 0 amide bonds. The Bertz CT molecular complexity index is 571. The van der Waals surface area contributed by atoms with E-state index in [4.69, 9.17) is 4.74 Å². The van der Waals surface area contributed by atoms with Crippen LogP contribution in [0.1, 0.15) is 35.7 Å². The van der Waals surface area contributed by atoms with E-state index in [-0.39, 0.29) is 12.2 Å². The largest absolute Gasteiger partial charge is 0.465 e. The fourth-order valence-electron chi connectivity index (χ4n) is 2.44. The molecule has 1 aromatic rings. The highest BCUT2D eigenvalue weighted by molar-refractivity contribution is 6.16. The van der Waals surface area contributed by atoms with Crippen LogP contribution < -0.4 is 0 Å². The molecule has 0 spiro atoms. The Morgan fingerprint density at radius 3 is 2.71 bits per heavy atom. The highest BCUT2D eigenvalue weighted by Crippen LogP contribution is 2.43. The van der Waals surface area contributed by atoms with Crippen LogP contribution in [0.2, 0.25) is 0 Å². The monoisotopic (exact) mass is 300 g/mol. The zero-order valence-corrected chi connectivity index (χ0v) is 11.5. The number of benzene rings is 1. The average molecular weight is 300 g/mol. The second-order valence-corrected chi connectivity index (χ2v) is 5.04. The van der Waals surface area contributed by atoms with Crippen LogP contribution in [0.3, 0.4) is 0 Å². The van der Waals surface area contributed by atoms with Crippen LogP contribution in [0.5, 0.6) is 0 Å². The molecule has 1 unspecified atom stereocenters. The van der Waals surface area contributed by atoms with Crippen LogP contribution in [0.25, 0.3) is 0 Å². The molecule has 0 radical (unpaired) electrons. The lowest BCUT2D eigenvalue weighted by molar-refractivity contribution is -0.160. The maximum atomic E-state index is 13.7. The van der Waals surface area contributed by atoms with Crippen molar-refractivity contribution >= 4 is 11.8 Å². The number of carbonyl (C=O) groups is 2. The van der Waals surface area contributed by atoms with Gasteiger partial charge in [0.2, 0.25) is 0 Å². The van der Waals surface area contributed by atoms with Crippen molar-refractivity contribution in [2.24, 2.45) is 5.41 Å². The third-order valence-corrected chi connectivity index (χ3v) is 3.67. The van der Waals surface area contributed by atoms with Gasteiger partial charge in [0, 0.05) is 6.42 Å². The summed E-state index contributed by atoms with van der Waals surface area (Å²) in [6.07, 6.45) is -2.54. The van der Waals surface area contributed by atoms with Crippen molar-refractivity contribution in [1.29, 1.82) is 0 Å². The number of ether oxygens (including phenoxy) is 1. The minimum Gasteiger partial charge on any atom is -0.465 e. The molecule has 1 aromatic carbocycles. The fourth-order valence-corrected chi connectivity index (χ4v) is 2.44. The number of rotatable bonds is 5. The van der Waals surface area contributed by atoms with Gasteiger partial charge in [-0.2, -0.15) is 0 Å². The van der Waals surface area contributed by atoms with Crippen molar-refractivity contribution in [3.63, 3.8) is 0 Å². The average Bonchev–Trinajstić information content (AvgIpc) is 2.74. The minimum atomic E-state index is -3.24. The number of hydrogen-bond acceptors (Lipinski definition) is 3. The summed E-state index contributed by atoms with van der Waals surface area (Å²) in [5.74, 6) is -3.35. The molecule has 2 rings (SSSR count). The Morgan fingerprint density at radius 1 is 1.43 bits per heavy atom. The summed E-state index contributed by atoms with van der Waals surface area (Å²) in [4.78, 5) is 24.3. The van der Waals surface area contributed by atoms with Crippen molar-refractivity contribution in [1.82, 2.24) is 0 Å². The van der Waals surface area contributed by atoms with E-state index < -0.39 is 41.4 Å². The van der Waals surface area contributed by atoms with Crippen molar-refractivity contribution in [3.05, 3.63) is 35.1 Å². The summed E-state index contributed by atoms with van der Waals surface area (Å²) >= 11 is 0. The third kappa shape index (κ3) is 2.43. The highest BCUT2D eigenvalue weighted by atomic mass is 19.3. The van der Waals surface area contributed by atoms with Gasteiger partial charge in [-0.1, -0.05) is 25.5 Å². The van der Waals surface area contributed by atoms with E-state index in [0.717, 1.165) is 12.5 Å². The lowest BCUT2D eigenvalue weighted by Gasteiger charge is -2.24. The molecule has 0 fully saturated rings. The number of carbonyl (C=O) groups excluding carboxylic acids is 2. The van der Waals surface area contributed by atoms with Crippen LogP contribution in [0.15, 0.2) is 18.2 Å². The number of halogens is 3. The van der Waals surface area contributed by atoms with Gasteiger partial charge in [-0.3, -0.25) is 9.59 Å². The summed E-state index contributed by atoms with van der Waals surface area (Å²) in [5, 5.41) is 0. The highest BCUT2D eigenvalue weighted by Gasteiger charge is 2.60. The summed E-state index contributed by atoms with van der Waals surface area (Å²) < 4.78 is 45.4. The molecule has 114 valence electrons. The lowest BCUT2D eigenvalue weighted by atomic mass is 9.84. The first-order valence-corrected chi connectivity index (χ1v) is 6.72. The maximum Gasteiger partial charge on any atom is 0.326 e. The third-order valence-electron chi connectivity index (χ3n) is 3.67. The number of esters is 1. The van der Waals surface area contributed by atoms with Crippen LogP contribution in [0, 0.1) is 11.2 Å². The number of alkyl halides is 2. The molecule has 21 heavy (non-hydrogen) atoms. The fraction of sp³-hybridized carbons (Fsp3) is 0.467. The van der Waals surface area contributed by atoms with Crippen molar-refractivity contribution < 1.29 is 27.5 Å². The van der Waals surface area contributed by atoms with Crippen LogP contribution in [0.4, 0.5) is 13.2 Å². The molecular weight excluding hydrogens is 285 g/mol. The van der Waals surface area contributed by atoms with Gasteiger partial charge in [0.25, 0.3) is 6.43 Å². The Balaban J connectivity index is 2.36. The molecular formula is C15H15F3O3. The van der Waals surface area contributed by atoms with Crippen molar-refractivity contribution in [2.75, 3.05) is 6.61 Å². The Labute approximate surface area is 120 Å². The molecule has 6 heteroatoms. The molecule has 0 heterocycles. The molecule has 1 aliphatic carbocycles. The first-order chi connectivity index (χ1) is 9.95. The van der Waals surface area contributed by atoms with Gasteiger partial charge in [0.1, 0.15) is 5.82 Å². The number of ketones is 1. The zero-order valence-electron chi connectivity index (χ0n) is 11.5. The topological polar surface area (TPSA) is 43.4 Å². The molecule has 0 saturated heterocycles. The second kappa shape index (κ2) is 5.87. The van der Waals surface area contributed by atoms with Gasteiger partial charge in [0.05, 0.1) is 12.2 Å². The van der Waals surface area contributed by atoms with Gasteiger partial charge < -0.3 is 4.74 Å². The van der Waals surface area contributed by atoms with Gasteiger partial charge in [-0.15, -0.1) is 0 Å². The Morgan fingerprint density at radius 2 is 2.14 bits per heavy atom. The lowest BCUT2D eigenvalue weighted by Crippen LogP contribution is -2.45. The maximum absolute atomic E-state index is 13.7. The number of unbranched alkanes of at least 4 members (excludes halogenated alkanes) is 1. The molecule has 0 aromatic heterocycles. The molecule has 3 nitrogen and oxygen atoms in total. The molecule has 1 atom stereocenters. The number of hydrogen-bond donors (Lipinski definition) is 0. The van der Waals surface area contributed by atoms with E-state index in [0.29, 0.717) is 6.42 Å². The van der Waals surface area contributed by atoms with Gasteiger partial charge in [0.15, 0.2) is 11.2 Å². The van der Waals surface area contributed by atoms with E-state index >= 15 is 0 Å². The van der Waals surface area contributed by atoms with Gasteiger partial charge in [-0.05, 0) is 18.1 Å². The van der Waals surface area contributed by atoms with Crippen LogP contribution >= 0.6 is 0 Å². The Hall–Kier alpha value is -1.85. The molecule has 0 bridgehead atoms. The smallest absolute Gasteiger partial charge is 0.326 e. The standard InChI is InChI=1S/C15H15F3O3/c1-2-3-7-21-14(20)15(13(17)18)8-9-5-4-6-10(16)11(9)12(15)19/h4-6,13H,2-3,7-8H2,1H3. The quantitative estimate of drug-likeness (QED) is 0.476. The van der Waals surface area contributed by atoms with Crippen molar-refractivity contribution in [3.8, 4) is 0 Å². The van der Waals surface area contributed by atoms with E-state index in [9.17, 15) is 22.8 Å². The van der Waals surface area contributed by atoms with E-state index in [2.05, 4.69) is 0 Å². The molecule has 0 N–H and O–H groups in total. The zero-order chi connectivity index (χ0) is 15.6. The Kier molecular flexibility index (Phi) is 4.34. The van der Waals surface area contributed by atoms with Crippen molar-refractivity contribution in [2.45, 2.75) is 32.6 Å². The summed E-state index contributed by atoms with van der Waals surface area (Å²) in [6.45, 7) is 1.82. The summed E-state index contributed by atoms with van der Waals surface area (Å²) in [6, 6.07) is 3.71. The normalized spacial score (nSPS) is 20.7. The van der Waals surface area contributed by atoms with Gasteiger partial charge >= 0.3 is 5.97 Å². The predicted octanol–water partition coefficient (Wildman–Crippen LogP) is 3.16. The van der Waals surface area contributed by atoms with Gasteiger partial charge in [-0.25, -0.2) is 13.2 Å².